The fraction of sp³-hybridized carbons (Fsp3) is 0.760. The maximum Gasteiger partial charge on any atom is 0.498 e. The van der Waals surface area contributed by atoms with Crippen LogP contribution < -0.4 is 10.8 Å². The van der Waals surface area contributed by atoms with Crippen LogP contribution in [0.3, 0.4) is 0 Å². The smallest absolute Gasteiger partial charge is 0.444 e. The number of hydrogen-bond donors (Lipinski definition) is 1. The van der Waals surface area contributed by atoms with Gasteiger partial charge in [-0.1, -0.05) is 0 Å². The molecule has 0 aromatic carbocycles. The van der Waals surface area contributed by atoms with Crippen LogP contribution in [0.15, 0.2) is 17.6 Å². The van der Waals surface area contributed by atoms with Crippen LogP contribution in [0.4, 0.5) is 4.79 Å². The lowest BCUT2D eigenvalue weighted by atomic mass is 9.81. The normalized spacial score (nSPS) is 22.2. The monoisotopic (exact) mass is 552 g/mol. The minimum Gasteiger partial charge on any atom is -0.444 e. The Morgan fingerprint density at radius 2 is 1.76 bits per heavy atom. The van der Waals surface area contributed by atoms with Crippen LogP contribution in [0.5, 0.6) is 0 Å². The van der Waals surface area contributed by atoms with Gasteiger partial charge in [0.15, 0.2) is 0 Å². The number of amides is 2. The largest absolute Gasteiger partial charge is 0.498 e. The van der Waals surface area contributed by atoms with Gasteiger partial charge in [-0.25, -0.2) is 23.2 Å². The summed E-state index contributed by atoms with van der Waals surface area (Å²) in [4.78, 5) is 34.8. The van der Waals surface area contributed by atoms with E-state index in [-0.39, 0.29) is 22.7 Å². The molecule has 0 radical (unpaired) electrons. The van der Waals surface area contributed by atoms with E-state index in [1.54, 1.807) is 32.6 Å². The highest BCUT2D eigenvalue weighted by Gasteiger charge is 2.52. The van der Waals surface area contributed by atoms with Gasteiger partial charge in [0.1, 0.15) is 11.6 Å². The number of carbonyl (C=O) groups is 2. The van der Waals surface area contributed by atoms with Gasteiger partial charge in [-0.05, 0) is 80.6 Å². The van der Waals surface area contributed by atoms with Crippen LogP contribution in [0.2, 0.25) is 0 Å². The highest BCUT2D eigenvalue weighted by Crippen LogP contribution is 2.36. The van der Waals surface area contributed by atoms with Gasteiger partial charge in [0, 0.05) is 30.9 Å². The number of hydrogen-bond acceptors (Lipinski definition) is 9. The summed E-state index contributed by atoms with van der Waals surface area (Å²) in [6.45, 7) is 15.6. The van der Waals surface area contributed by atoms with E-state index in [0.29, 0.717) is 25.0 Å². The molecule has 2 fully saturated rings. The van der Waals surface area contributed by atoms with E-state index in [9.17, 15) is 18.0 Å². The maximum absolute atomic E-state index is 12.9. The van der Waals surface area contributed by atoms with Crippen molar-refractivity contribution in [3.8, 4) is 0 Å². The first-order chi connectivity index (χ1) is 17.4. The molecule has 3 heterocycles. The summed E-state index contributed by atoms with van der Waals surface area (Å²) in [5, 5.41) is 2.34. The summed E-state index contributed by atoms with van der Waals surface area (Å²) < 4.78 is 43.1. The molecular formula is C25H41BN4O7S. The van der Waals surface area contributed by atoms with Crippen molar-refractivity contribution in [1.29, 1.82) is 0 Å². The molecule has 1 N–H and O–H groups in total. The van der Waals surface area contributed by atoms with E-state index >= 15 is 0 Å². The van der Waals surface area contributed by atoms with Gasteiger partial charge in [0.25, 0.3) is 0 Å². The minimum atomic E-state index is -3.71. The van der Waals surface area contributed by atoms with E-state index in [1.165, 1.54) is 12.4 Å². The molecule has 11 nitrogen and oxygen atoms in total. The highest BCUT2D eigenvalue weighted by atomic mass is 32.2. The number of piperidine rings is 1. The number of alkyl carbamates (subject to hydrolysis) is 1. The highest BCUT2D eigenvalue weighted by molar-refractivity contribution is 7.91. The van der Waals surface area contributed by atoms with Crippen LogP contribution in [0.25, 0.3) is 0 Å². The molecule has 212 valence electrons. The Morgan fingerprint density at radius 3 is 2.32 bits per heavy atom. The van der Waals surface area contributed by atoms with Crippen LogP contribution in [0.1, 0.15) is 74.7 Å². The quantitative estimate of drug-likeness (QED) is 0.398. The lowest BCUT2D eigenvalue weighted by Crippen LogP contribution is -2.50. The Kier molecular flexibility index (Phi) is 8.84. The summed E-state index contributed by atoms with van der Waals surface area (Å²) in [5.74, 6) is -0.327. The van der Waals surface area contributed by atoms with Crippen LogP contribution >= 0.6 is 0 Å². The first-order valence-electron chi connectivity index (χ1n) is 13.1. The second-order valence-corrected chi connectivity index (χ2v) is 14.2. The molecule has 2 atom stereocenters. The van der Waals surface area contributed by atoms with Crippen molar-refractivity contribution < 1.29 is 32.1 Å². The molecule has 0 saturated carbocycles. The SMILES string of the molecule is C[C@@H](NC(=O)OC(C)(C)C)C(=O)N1CCC[C@@H](CCS(=O)(=O)c2ncc(B3OC(C)(C)C(C)(C)O3)cn2)C1. The van der Waals surface area contributed by atoms with Gasteiger partial charge in [-0.2, -0.15) is 0 Å². The number of sulfone groups is 1. The van der Waals surface area contributed by atoms with Crippen LogP contribution in [0, 0.1) is 5.92 Å². The first-order valence-corrected chi connectivity index (χ1v) is 14.7. The predicted octanol–water partition coefficient (Wildman–Crippen LogP) is 2.09. The Hall–Kier alpha value is -2.25. The topological polar surface area (TPSA) is 137 Å². The third kappa shape index (κ3) is 7.44. The van der Waals surface area contributed by atoms with Crippen molar-refractivity contribution >= 4 is 34.4 Å². The number of aromatic nitrogens is 2. The van der Waals surface area contributed by atoms with Gasteiger partial charge in [0.2, 0.25) is 20.9 Å². The third-order valence-electron chi connectivity index (χ3n) is 7.18. The molecule has 0 spiro atoms. The second-order valence-electron chi connectivity index (χ2n) is 12.2. The third-order valence-corrected chi connectivity index (χ3v) is 8.72. The molecule has 2 amide bonds. The van der Waals surface area contributed by atoms with Crippen molar-refractivity contribution in [2.24, 2.45) is 5.92 Å². The minimum absolute atomic E-state index is 0.0141. The molecule has 1 aromatic heterocycles. The number of nitrogens with zero attached hydrogens (tertiary/aromatic N) is 3. The van der Waals surface area contributed by atoms with E-state index in [2.05, 4.69) is 15.3 Å². The average Bonchev–Trinajstić information content (AvgIpc) is 3.03. The van der Waals surface area contributed by atoms with E-state index in [0.717, 1.165) is 12.8 Å². The summed E-state index contributed by atoms with van der Waals surface area (Å²) in [5.41, 5.74) is -1.16. The molecule has 38 heavy (non-hydrogen) atoms. The Morgan fingerprint density at radius 1 is 1.18 bits per heavy atom. The van der Waals surface area contributed by atoms with E-state index in [1.807, 2.05) is 27.7 Å². The van der Waals surface area contributed by atoms with Gasteiger partial charge >= 0.3 is 13.2 Å². The second kappa shape index (κ2) is 11.1. The number of carbonyl (C=O) groups excluding carboxylic acids is 2. The standard InChI is InChI=1S/C25H41BN4O7S/c1-17(29-22(32)35-23(2,3)4)20(31)30-12-9-10-18(16-30)11-13-38(33,34)21-27-14-19(15-28-21)26-36-24(5,6)25(7,8)37-26/h14-15,17-18H,9-13,16H2,1-8H3,(H,29,32)/t17-,18+/m1/s1. The Labute approximate surface area is 226 Å². The first kappa shape index (κ1) is 30.3. The number of rotatable bonds is 7. The molecule has 2 aliphatic rings. The fourth-order valence-corrected chi connectivity index (χ4v) is 5.57. The molecular weight excluding hydrogens is 511 g/mol. The van der Waals surface area contributed by atoms with Gasteiger partial charge in [-0.3, -0.25) is 4.79 Å². The lowest BCUT2D eigenvalue weighted by Gasteiger charge is -2.34. The van der Waals surface area contributed by atoms with Gasteiger partial charge in [-0.15, -0.1) is 0 Å². The van der Waals surface area contributed by atoms with Gasteiger partial charge in [0.05, 0.1) is 17.0 Å². The molecule has 13 heteroatoms. The Bertz CT molecular complexity index is 1100. The Balaban J connectivity index is 1.54. The zero-order valence-electron chi connectivity index (χ0n) is 23.7. The average molecular weight is 553 g/mol. The molecule has 2 saturated heterocycles. The summed E-state index contributed by atoms with van der Waals surface area (Å²) in [7, 11) is -4.39. The fourth-order valence-electron chi connectivity index (χ4n) is 4.32. The van der Waals surface area contributed by atoms with Crippen LogP contribution in [-0.2, 0) is 28.7 Å². The van der Waals surface area contributed by atoms with Gasteiger partial charge < -0.3 is 24.3 Å². The number of likely N-dealkylation sites (tertiary alicyclic amines) is 1. The number of nitrogens with one attached hydrogen (secondary N) is 1. The molecule has 0 bridgehead atoms. The van der Waals surface area contributed by atoms with Crippen LogP contribution in [-0.4, -0.2) is 84.1 Å². The zero-order chi connectivity index (χ0) is 28.5. The summed E-state index contributed by atoms with van der Waals surface area (Å²) in [6.07, 6.45) is 4.17. The molecule has 3 rings (SSSR count). The predicted molar refractivity (Wildman–Crippen MR) is 143 cm³/mol. The van der Waals surface area contributed by atoms with Crippen molar-refractivity contribution in [1.82, 2.24) is 20.2 Å². The van der Waals surface area contributed by atoms with Crippen molar-refractivity contribution in [3.05, 3.63) is 12.4 Å². The molecule has 1 aromatic rings. The van der Waals surface area contributed by atoms with E-state index < -0.39 is 45.9 Å². The van der Waals surface area contributed by atoms with E-state index in [4.69, 9.17) is 14.0 Å². The maximum atomic E-state index is 12.9. The number of ether oxygens (including phenoxy) is 1. The van der Waals surface area contributed by atoms with Crippen molar-refractivity contribution in [2.45, 2.75) is 103 Å². The van der Waals surface area contributed by atoms with Crippen molar-refractivity contribution in [3.63, 3.8) is 0 Å². The lowest BCUT2D eigenvalue weighted by molar-refractivity contribution is -0.134. The zero-order valence-corrected chi connectivity index (χ0v) is 24.6. The molecule has 2 aliphatic heterocycles. The summed E-state index contributed by atoms with van der Waals surface area (Å²) >= 11 is 0. The van der Waals surface area contributed by atoms with Crippen molar-refractivity contribution in [2.75, 3.05) is 18.8 Å². The summed E-state index contributed by atoms with van der Waals surface area (Å²) in [6, 6.07) is -0.747. The molecule has 0 aliphatic carbocycles. The molecule has 0 unspecified atom stereocenters.